The molecule has 2 aromatic rings. The Morgan fingerprint density at radius 2 is 2.00 bits per heavy atom. The predicted molar refractivity (Wildman–Crippen MR) is 79.5 cm³/mol. The maximum Gasteiger partial charge on any atom is 0.125 e. The lowest BCUT2D eigenvalue weighted by molar-refractivity contribution is 0.193. The molecule has 0 heterocycles. The van der Waals surface area contributed by atoms with Gasteiger partial charge >= 0.3 is 0 Å². The molecule has 0 aliphatic heterocycles. The molecule has 0 aromatic heterocycles. The number of rotatable bonds is 6. The van der Waals surface area contributed by atoms with Crippen molar-refractivity contribution in [3.63, 3.8) is 0 Å². The van der Waals surface area contributed by atoms with Gasteiger partial charge in [-0.1, -0.05) is 48.5 Å². The maximum absolute atomic E-state index is 8.81. The van der Waals surface area contributed by atoms with Crippen LogP contribution in [0, 0.1) is 6.85 Å². The molecule has 19 heavy (non-hydrogen) atoms. The Morgan fingerprint density at radius 3 is 2.79 bits per heavy atom. The number of aryl methyl sites for hydroxylation is 1. The standard InChI is InChI=1S/C17H21NO/c1-14-8-6-7-11-16(14)19-17(12-13-18-2)15-9-4-3-5-10-15/h3-11,17-18H,12-13H2,1-2H3/i1D3,2D3,12D2,17D. The summed E-state index contributed by atoms with van der Waals surface area (Å²) in [6.07, 6.45) is -4.93. The maximum atomic E-state index is 8.81. The normalized spacial score (nSPS) is 22.8. The van der Waals surface area contributed by atoms with E-state index in [1.54, 1.807) is 18.2 Å². The molecule has 1 N–H and O–H groups in total. The SMILES string of the molecule is [2H]C([2H])([2H])NCC([2H])([2H])C([2H])(Oc1ccccc1C([2H])([2H])[2H])c1ccccc1. The van der Waals surface area contributed by atoms with Crippen molar-refractivity contribution in [1.82, 2.24) is 5.32 Å². The third kappa shape index (κ3) is 3.83. The first-order valence-corrected chi connectivity index (χ1v) is 5.85. The zero-order valence-corrected chi connectivity index (χ0v) is 10.3. The van der Waals surface area contributed by atoms with Crippen LogP contribution in [0.3, 0.4) is 0 Å². The fourth-order valence-corrected chi connectivity index (χ4v) is 1.58. The lowest BCUT2D eigenvalue weighted by Crippen LogP contribution is -2.16. The van der Waals surface area contributed by atoms with Crippen molar-refractivity contribution in [3.05, 3.63) is 65.7 Å². The van der Waals surface area contributed by atoms with Gasteiger partial charge in [-0.2, -0.15) is 0 Å². The molecule has 0 aliphatic carbocycles. The van der Waals surface area contributed by atoms with Gasteiger partial charge in [-0.3, -0.25) is 0 Å². The third-order valence-corrected chi connectivity index (χ3v) is 2.47. The second-order valence-electron chi connectivity index (χ2n) is 3.82. The van der Waals surface area contributed by atoms with Crippen molar-refractivity contribution < 1.29 is 17.1 Å². The van der Waals surface area contributed by atoms with Crippen LogP contribution in [0.1, 0.15) is 35.9 Å². The van der Waals surface area contributed by atoms with E-state index in [0.29, 0.717) is 0 Å². The van der Waals surface area contributed by atoms with Gasteiger partial charge in [-0.05, 0) is 37.6 Å². The fraction of sp³-hybridized carbons (Fsp3) is 0.294. The summed E-state index contributed by atoms with van der Waals surface area (Å²) < 4.78 is 75.9. The first-order chi connectivity index (χ1) is 12.8. The minimum Gasteiger partial charge on any atom is -0.485 e. The summed E-state index contributed by atoms with van der Waals surface area (Å²) in [6.45, 7) is -5.85. The highest BCUT2D eigenvalue weighted by Gasteiger charge is 2.13. The zero-order chi connectivity index (χ0) is 21.2. The molecule has 2 heteroatoms. The van der Waals surface area contributed by atoms with Crippen LogP contribution in [0.5, 0.6) is 5.75 Å². The van der Waals surface area contributed by atoms with Gasteiger partial charge in [-0.15, -0.1) is 0 Å². The molecular formula is C17H21NO. The van der Waals surface area contributed by atoms with Gasteiger partial charge in [0.05, 0.1) is 1.37 Å². The van der Waals surface area contributed by atoms with E-state index >= 15 is 0 Å². The van der Waals surface area contributed by atoms with Gasteiger partial charge < -0.3 is 10.1 Å². The first-order valence-electron chi connectivity index (χ1n) is 10.4. The summed E-state index contributed by atoms with van der Waals surface area (Å²) in [5.41, 5.74) is -0.0465. The van der Waals surface area contributed by atoms with E-state index in [4.69, 9.17) is 17.1 Å². The molecule has 0 fully saturated rings. The molecule has 1 unspecified atom stereocenters. The Labute approximate surface area is 128 Å². The molecule has 0 saturated heterocycles. The second kappa shape index (κ2) is 6.95. The number of benzene rings is 2. The van der Waals surface area contributed by atoms with Gasteiger partial charge in [-0.25, -0.2) is 0 Å². The number of hydrogen-bond acceptors (Lipinski definition) is 2. The minimum absolute atomic E-state index is 0.118. The number of ether oxygens (including phenoxy) is 1. The topological polar surface area (TPSA) is 21.3 Å². The Kier molecular flexibility index (Phi) is 2.23. The Bertz CT molecular complexity index is 789. The van der Waals surface area contributed by atoms with Crippen LogP contribution in [0.2, 0.25) is 0 Å². The van der Waals surface area contributed by atoms with E-state index in [0.717, 1.165) is 0 Å². The minimum atomic E-state index is -2.61. The number of nitrogens with one attached hydrogen (secondary N) is 1. The molecule has 100 valence electrons. The van der Waals surface area contributed by atoms with Crippen LogP contribution in [-0.2, 0) is 0 Å². The molecule has 0 saturated carbocycles. The summed E-state index contributed by atoms with van der Waals surface area (Å²) in [7, 11) is 0. The fourth-order valence-electron chi connectivity index (χ4n) is 1.58. The third-order valence-electron chi connectivity index (χ3n) is 2.47. The molecule has 0 spiro atoms. The summed E-state index contributed by atoms with van der Waals surface area (Å²) in [5.74, 6) is -0.167. The summed E-state index contributed by atoms with van der Waals surface area (Å²) in [6, 6.07) is 13.5. The van der Waals surface area contributed by atoms with E-state index in [1.165, 1.54) is 36.4 Å². The monoisotopic (exact) mass is 264 g/mol. The second-order valence-corrected chi connectivity index (χ2v) is 3.82. The molecule has 1 atom stereocenters. The quantitative estimate of drug-likeness (QED) is 0.858. The zero-order valence-electron chi connectivity index (χ0n) is 19.3. The van der Waals surface area contributed by atoms with Crippen molar-refractivity contribution in [2.75, 3.05) is 13.5 Å². The average Bonchev–Trinajstić information content (AvgIpc) is 2.59. The van der Waals surface area contributed by atoms with E-state index in [2.05, 4.69) is 5.32 Å². The van der Waals surface area contributed by atoms with Crippen LogP contribution in [-0.4, -0.2) is 13.5 Å². The summed E-state index contributed by atoms with van der Waals surface area (Å²) in [5, 5.41) is 2.08. The molecular weight excluding hydrogens is 234 g/mol. The smallest absolute Gasteiger partial charge is 0.125 e. The van der Waals surface area contributed by atoms with Crippen molar-refractivity contribution in [2.24, 2.45) is 0 Å². The largest absolute Gasteiger partial charge is 0.485 e. The first kappa shape index (κ1) is 6.10. The van der Waals surface area contributed by atoms with Crippen LogP contribution in [0.4, 0.5) is 0 Å². The van der Waals surface area contributed by atoms with Crippen LogP contribution in [0.15, 0.2) is 54.6 Å². The van der Waals surface area contributed by atoms with Gasteiger partial charge in [0, 0.05) is 17.3 Å². The molecule has 0 aliphatic rings. The van der Waals surface area contributed by atoms with Gasteiger partial charge in [0.2, 0.25) is 0 Å². The van der Waals surface area contributed by atoms with E-state index in [-0.39, 0.29) is 16.9 Å². The van der Waals surface area contributed by atoms with E-state index < -0.39 is 32.8 Å². The van der Waals surface area contributed by atoms with Gasteiger partial charge in [0.25, 0.3) is 0 Å². The highest BCUT2D eigenvalue weighted by molar-refractivity contribution is 5.33. The molecule has 0 radical (unpaired) electrons. The highest BCUT2D eigenvalue weighted by atomic mass is 16.5. The van der Waals surface area contributed by atoms with E-state index in [1.807, 2.05) is 0 Å². The predicted octanol–water partition coefficient (Wildman–Crippen LogP) is 3.72. The Balaban J connectivity index is 2.53. The molecule has 0 bridgehead atoms. The van der Waals surface area contributed by atoms with Gasteiger partial charge in [0.1, 0.15) is 11.8 Å². The van der Waals surface area contributed by atoms with Crippen molar-refractivity contribution in [1.29, 1.82) is 0 Å². The van der Waals surface area contributed by atoms with Crippen LogP contribution < -0.4 is 10.1 Å². The lowest BCUT2D eigenvalue weighted by atomic mass is 10.1. The molecule has 0 amide bonds. The van der Waals surface area contributed by atoms with Gasteiger partial charge in [0.15, 0.2) is 0 Å². The van der Waals surface area contributed by atoms with E-state index in [9.17, 15) is 0 Å². The molecule has 2 nitrogen and oxygen atoms in total. The Morgan fingerprint density at radius 1 is 1.21 bits per heavy atom. The lowest BCUT2D eigenvalue weighted by Gasteiger charge is -2.20. The van der Waals surface area contributed by atoms with Crippen molar-refractivity contribution in [2.45, 2.75) is 19.3 Å². The molecule has 2 rings (SSSR count). The number of hydrogen-bond donors (Lipinski definition) is 1. The molecule has 2 aromatic carbocycles. The van der Waals surface area contributed by atoms with Crippen molar-refractivity contribution >= 4 is 0 Å². The van der Waals surface area contributed by atoms with Crippen molar-refractivity contribution in [3.8, 4) is 5.75 Å². The Hall–Kier alpha value is -1.80. The summed E-state index contributed by atoms with van der Waals surface area (Å²) in [4.78, 5) is 0. The number of para-hydroxylation sites is 1. The summed E-state index contributed by atoms with van der Waals surface area (Å²) >= 11 is 0. The average molecular weight is 264 g/mol. The highest BCUT2D eigenvalue weighted by Crippen LogP contribution is 2.26. The van der Waals surface area contributed by atoms with Crippen LogP contribution >= 0.6 is 0 Å². The van der Waals surface area contributed by atoms with Crippen LogP contribution in [0.25, 0.3) is 0 Å².